The fourth-order valence-corrected chi connectivity index (χ4v) is 1.61. The Kier molecular flexibility index (Phi) is 5.90. The summed E-state index contributed by atoms with van der Waals surface area (Å²) in [7, 11) is 0. The molecule has 0 N–H and O–H groups in total. The van der Waals surface area contributed by atoms with E-state index in [2.05, 4.69) is 29.1 Å². The summed E-state index contributed by atoms with van der Waals surface area (Å²) >= 11 is 3.42. The van der Waals surface area contributed by atoms with Crippen LogP contribution in [0.25, 0.3) is 0 Å². The Morgan fingerprint density at radius 1 is 1.19 bits per heavy atom. The number of rotatable bonds is 7. The van der Waals surface area contributed by atoms with Gasteiger partial charge in [0.25, 0.3) is 0 Å². The summed E-state index contributed by atoms with van der Waals surface area (Å²) in [6.45, 7) is 8.77. The third-order valence-corrected chi connectivity index (χ3v) is 2.37. The first-order chi connectivity index (χ1) is 7.77. The second-order valence-corrected chi connectivity index (χ2v) is 4.07. The Bertz CT molecular complexity index is 361. The number of halogens is 1. The molecule has 86 valence electrons. The minimum Gasteiger partial charge on any atom is -0.489 e. The molecule has 1 aromatic rings. The second kappa shape index (κ2) is 7.25. The van der Waals surface area contributed by atoms with Crippen LogP contribution >= 0.6 is 15.9 Å². The fraction of sp³-hybridized carbons (Fsp3) is 0.231. The first kappa shape index (κ1) is 13.0. The molecule has 0 radical (unpaired) electrons. The van der Waals surface area contributed by atoms with Gasteiger partial charge in [0.2, 0.25) is 0 Å². The van der Waals surface area contributed by atoms with Crippen molar-refractivity contribution in [2.45, 2.75) is 6.61 Å². The SMILES string of the molecule is C=CCOCc1cc(Br)ccc1OCC=C. The van der Waals surface area contributed by atoms with Crippen LogP contribution in [0, 0.1) is 0 Å². The Hall–Kier alpha value is -1.06. The Balaban J connectivity index is 2.72. The normalized spacial score (nSPS) is 9.81. The van der Waals surface area contributed by atoms with Crippen molar-refractivity contribution >= 4 is 15.9 Å². The summed E-state index contributed by atoms with van der Waals surface area (Å²) in [6, 6.07) is 5.84. The van der Waals surface area contributed by atoms with Crippen LogP contribution in [0.15, 0.2) is 48.0 Å². The first-order valence-corrected chi connectivity index (χ1v) is 5.78. The minimum absolute atomic E-state index is 0.496. The summed E-state index contributed by atoms with van der Waals surface area (Å²) in [6.07, 6.45) is 3.44. The molecule has 2 nitrogen and oxygen atoms in total. The van der Waals surface area contributed by atoms with Crippen LogP contribution in [-0.4, -0.2) is 13.2 Å². The standard InChI is InChI=1S/C13H15BrO2/c1-3-7-15-10-11-9-12(14)5-6-13(11)16-8-4-2/h3-6,9H,1-2,7-8,10H2. The molecule has 0 fully saturated rings. The maximum Gasteiger partial charge on any atom is 0.125 e. The molecule has 1 aromatic carbocycles. The molecule has 16 heavy (non-hydrogen) atoms. The summed E-state index contributed by atoms with van der Waals surface area (Å²) < 4.78 is 11.9. The van der Waals surface area contributed by atoms with Crippen molar-refractivity contribution in [2.24, 2.45) is 0 Å². The molecule has 0 aliphatic carbocycles. The van der Waals surface area contributed by atoms with Crippen molar-refractivity contribution in [3.63, 3.8) is 0 Å². The van der Waals surface area contributed by atoms with E-state index < -0.39 is 0 Å². The van der Waals surface area contributed by atoms with Crippen LogP contribution < -0.4 is 4.74 Å². The van der Waals surface area contributed by atoms with Gasteiger partial charge >= 0.3 is 0 Å². The van der Waals surface area contributed by atoms with E-state index in [9.17, 15) is 0 Å². The van der Waals surface area contributed by atoms with Crippen LogP contribution in [0.2, 0.25) is 0 Å². The molecular weight excluding hydrogens is 268 g/mol. The van der Waals surface area contributed by atoms with Crippen molar-refractivity contribution in [1.29, 1.82) is 0 Å². The van der Waals surface area contributed by atoms with E-state index >= 15 is 0 Å². The van der Waals surface area contributed by atoms with Gasteiger partial charge in [0.1, 0.15) is 12.4 Å². The third kappa shape index (κ3) is 4.21. The Morgan fingerprint density at radius 2 is 1.94 bits per heavy atom. The predicted octanol–water partition coefficient (Wildman–Crippen LogP) is 3.72. The van der Waals surface area contributed by atoms with Crippen molar-refractivity contribution in [1.82, 2.24) is 0 Å². The number of ether oxygens (including phenoxy) is 2. The zero-order valence-corrected chi connectivity index (χ0v) is 10.7. The fourth-order valence-electron chi connectivity index (χ4n) is 1.20. The maximum absolute atomic E-state index is 5.53. The molecule has 0 saturated carbocycles. The molecule has 0 unspecified atom stereocenters. The van der Waals surface area contributed by atoms with Gasteiger partial charge in [-0.25, -0.2) is 0 Å². The van der Waals surface area contributed by atoms with Gasteiger partial charge in [-0.15, -0.1) is 6.58 Å². The zero-order valence-electron chi connectivity index (χ0n) is 9.12. The van der Waals surface area contributed by atoms with E-state index in [1.165, 1.54) is 0 Å². The summed E-state index contributed by atoms with van der Waals surface area (Å²) in [5.41, 5.74) is 1.01. The van der Waals surface area contributed by atoms with Crippen LogP contribution in [-0.2, 0) is 11.3 Å². The molecule has 0 aliphatic rings. The molecule has 0 atom stereocenters. The minimum atomic E-state index is 0.496. The van der Waals surface area contributed by atoms with E-state index in [4.69, 9.17) is 9.47 Å². The third-order valence-electron chi connectivity index (χ3n) is 1.87. The molecule has 0 bridgehead atoms. The second-order valence-electron chi connectivity index (χ2n) is 3.16. The van der Waals surface area contributed by atoms with E-state index in [1.54, 1.807) is 12.2 Å². The highest BCUT2D eigenvalue weighted by atomic mass is 79.9. The lowest BCUT2D eigenvalue weighted by molar-refractivity contribution is 0.146. The molecule has 0 saturated heterocycles. The summed E-state index contributed by atoms with van der Waals surface area (Å²) in [5, 5.41) is 0. The van der Waals surface area contributed by atoms with Gasteiger partial charge in [0.15, 0.2) is 0 Å². The van der Waals surface area contributed by atoms with Gasteiger partial charge in [0, 0.05) is 10.0 Å². The molecular formula is C13H15BrO2. The first-order valence-electron chi connectivity index (χ1n) is 4.98. The molecule has 0 heterocycles. The highest BCUT2D eigenvalue weighted by molar-refractivity contribution is 9.10. The average molecular weight is 283 g/mol. The average Bonchev–Trinajstić information content (AvgIpc) is 2.28. The Morgan fingerprint density at radius 3 is 2.62 bits per heavy atom. The highest BCUT2D eigenvalue weighted by Crippen LogP contribution is 2.24. The zero-order chi connectivity index (χ0) is 11.8. The largest absolute Gasteiger partial charge is 0.489 e. The van der Waals surface area contributed by atoms with Crippen LogP contribution in [0.5, 0.6) is 5.75 Å². The van der Waals surface area contributed by atoms with E-state index in [1.807, 2.05) is 18.2 Å². The van der Waals surface area contributed by atoms with Gasteiger partial charge in [-0.2, -0.15) is 0 Å². The molecule has 1 rings (SSSR count). The van der Waals surface area contributed by atoms with Gasteiger partial charge in [-0.1, -0.05) is 34.7 Å². The quantitative estimate of drug-likeness (QED) is 0.561. The van der Waals surface area contributed by atoms with Crippen molar-refractivity contribution < 1.29 is 9.47 Å². The lowest BCUT2D eigenvalue weighted by Gasteiger charge is -2.10. The van der Waals surface area contributed by atoms with Crippen LogP contribution in [0.1, 0.15) is 5.56 Å². The Labute approximate surface area is 105 Å². The van der Waals surface area contributed by atoms with Gasteiger partial charge in [-0.05, 0) is 18.2 Å². The lowest BCUT2D eigenvalue weighted by Crippen LogP contribution is -2.00. The van der Waals surface area contributed by atoms with Gasteiger partial charge in [-0.3, -0.25) is 0 Å². The topological polar surface area (TPSA) is 18.5 Å². The molecule has 0 amide bonds. The van der Waals surface area contributed by atoms with Crippen molar-refractivity contribution in [3.8, 4) is 5.75 Å². The highest BCUT2D eigenvalue weighted by Gasteiger charge is 2.04. The molecule has 0 spiro atoms. The van der Waals surface area contributed by atoms with Crippen molar-refractivity contribution in [3.05, 3.63) is 53.5 Å². The predicted molar refractivity (Wildman–Crippen MR) is 69.7 cm³/mol. The van der Waals surface area contributed by atoms with Crippen LogP contribution in [0.4, 0.5) is 0 Å². The van der Waals surface area contributed by atoms with E-state index in [0.29, 0.717) is 19.8 Å². The van der Waals surface area contributed by atoms with E-state index in [0.717, 1.165) is 15.8 Å². The van der Waals surface area contributed by atoms with Gasteiger partial charge < -0.3 is 9.47 Å². The maximum atomic E-state index is 5.53. The lowest BCUT2D eigenvalue weighted by atomic mass is 10.2. The van der Waals surface area contributed by atoms with Crippen LogP contribution in [0.3, 0.4) is 0 Å². The molecule has 0 aromatic heterocycles. The number of benzene rings is 1. The smallest absolute Gasteiger partial charge is 0.125 e. The monoisotopic (exact) mass is 282 g/mol. The molecule has 3 heteroatoms. The van der Waals surface area contributed by atoms with Gasteiger partial charge in [0.05, 0.1) is 13.2 Å². The number of hydrogen-bond acceptors (Lipinski definition) is 2. The van der Waals surface area contributed by atoms with Crippen molar-refractivity contribution in [2.75, 3.05) is 13.2 Å². The summed E-state index contributed by atoms with van der Waals surface area (Å²) in [4.78, 5) is 0. The van der Waals surface area contributed by atoms with E-state index in [-0.39, 0.29) is 0 Å². The summed E-state index contributed by atoms with van der Waals surface area (Å²) in [5.74, 6) is 0.826. The number of hydrogen-bond donors (Lipinski definition) is 0. The molecule has 0 aliphatic heterocycles.